The van der Waals surface area contributed by atoms with Crippen LogP contribution < -0.4 is 0 Å². The molecular formula is C13H16ClN3. The van der Waals surface area contributed by atoms with Gasteiger partial charge in [-0.15, -0.1) is 10.2 Å². The molecule has 0 bridgehead atoms. The van der Waals surface area contributed by atoms with Crippen molar-refractivity contribution in [1.29, 1.82) is 0 Å². The molecule has 1 heterocycles. The molecule has 0 atom stereocenters. The molecule has 17 heavy (non-hydrogen) atoms. The zero-order valence-corrected chi connectivity index (χ0v) is 11.1. The second kappa shape index (κ2) is 4.49. The van der Waals surface area contributed by atoms with Crippen LogP contribution in [0.25, 0.3) is 11.4 Å². The molecule has 2 aromatic rings. The predicted octanol–water partition coefficient (Wildman–Crippen LogP) is 3.74. The number of rotatable bonds is 3. The quantitative estimate of drug-likeness (QED) is 0.830. The van der Waals surface area contributed by atoms with Crippen molar-refractivity contribution >= 4 is 11.6 Å². The van der Waals surface area contributed by atoms with E-state index in [0.29, 0.717) is 5.28 Å². The minimum absolute atomic E-state index is 0.0915. The van der Waals surface area contributed by atoms with Crippen molar-refractivity contribution in [1.82, 2.24) is 14.8 Å². The maximum Gasteiger partial charge on any atom is 0.225 e. The van der Waals surface area contributed by atoms with Gasteiger partial charge in [-0.05, 0) is 31.9 Å². The molecule has 1 aromatic heterocycles. The number of hydrogen-bond acceptors (Lipinski definition) is 2. The fourth-order valence-corrected chi connectivity index (χ4v) is 2.08. The van der Waals surface area contributed by atoms with Gasteiger partial charge in [0, 0.05) is 11.1 Å². The highest BCUT2D eigenvalue weighted by molar-refractivity contribution is 6.28. The lowest BCUT2D eigenvalue weighted by Gasteiger charge is -2.26. The Morgan fingerprint density at radius 3 is 2.41 bits per heavy atom. The van der Waals surface area contributed by atoms with Gasteiger partial charge in [0.25, 0.3) is 0 Å². The van der Waals surface area contributed by atoms with Crippen LogP contribution in [0.4, 0.5) is 0 Å². The van der Waals surface area contributed by atoms with Crippen LogP contribution in [0.5, 0.6) is 0 Å². The summed E-state index contributed by atoms with van der Waals surface area (Å²) in [6.07, 6.45) is 0.963. The van der Waals surface area contributed by atoms with Gasteiger partial charge in [0.1, 0.15) is 0 Å². The van der Waals surface area contributed by atoms with Gasteiger partial charge >= 0.3 is 0 Å². The van der Waals surface area contributed by atoms with Crippen LogP contribution in [0.3, 0.4) is 0 Å². The van der Waals surface area contributed by atoms with E-state index in [1.807, 2.05) is 34.9 Å². The highest BCUT2D eigenvalue weighted by Gasteiger charge is 2.25. The molecule has 0 spiro atoms. The van der Waals surface area contributed by atoms with Crippen molar-refractivity contribution in [3.8, 4) is 11.4 Å². The Hall–Kier alpha value is -1.35. The highest BCUT2D eigenvalue weighted by Crippen LogP contribution is 2.30. The summed E-state index contributed by atoms with van der Waals surface area (Å²) in [6, 6.07) is 9.99. The maximum absolute atomic E-state index is 6.15. The molecule has 1 aromatic carbocycles. The molecule has 0 radical (unpaired) electrons. The number of nitrogens with zero attached hydrogens (tertiary/aromatic N) is 3. The molecular weight excluding hydrogens is 234 g/mol. The molecule has 3 nitrogen and oxygen atoms in total. The van der Waals surface area contributed by atoms with E-state index in [1.54, 1.807) is 0 Å². The fraction of sp³-hybridized carbons (Fsp3) is 0.385. The standard InChI is InChI=1S/C13H16ClN3/c1-4-13(2,3)17-11(15-16-12(17)14)10-8-6-5-7-9-10/h5-9H,4H2,1-3H3. The molecule has 0 amide bonds. The van der Waals surface area contributed by atoms with Gasteiger partial charge in [-0.1, -0.05) is 37.3 Å². The second-order valence-corrected chi connectivity index (χ2v) is 5.00. The van der Waals surface area contributed by atoms with Crippen molar-refractivity contribution in [2.24, 2.45) is 0 Å². The topological polar surface area (TPSA) is 30.7 Å². The molecule has 0 saturated carbocycles. The van der Waals surface area contributed by atoms with Gasteiger partial charge in [0.05, 0.1) is 0 Å². The molecule has 0 aliphatic rings. The van der Waals surface area contributed by atoms with Crippen molar-refractivity contribution in [2.75, 3.05) is 0 Å². The molecule has 0 saturated heterocycles. The average molecular weight is 250 g/mol. The zero-order valence-electron chi connectivity index (χ0n) is 10.3. The molecule has 4 heteroatoms. The van der Waals surface area contributed by atoms with Gasteiger partial charge < -0.3 is 0 Å². The summed E-state index contributed by atoms with van der Waals surface area (Å²) in [5.41, 5.74) is 0.944. The minimum Gasteiger partial charge on any atom is -0.292 e. The molecule has 2 rings (SSSR count). The first kappa shape index (κ1) is 12.1. The van der Waals surface area contributed by atoms with Crippen LogP contribution in [0.15, 0.2) is 30.3 Å². The zero-order chi connectivity index (χ0) is 12.5. The summed E-state index contributed by atoms with van der Waals surface area (Å²) in [6.45, 7) is 6.40. The van der Waals surface area contributed by atoms with Crippen LogP contribution in [0.2, 0.25) is 5.28 Å². The normalized spacial score (nSPS) is 11.8. The molecule has 0 fully saturated rings. The largest absolute Gasteiger partial charge is 0.292 e. The molecule has 0 aliphatic heterocycles. The Morgan fingerprint density at radius 2 is 1.82 bits per heavy atom. The molecule has 90 valence electrons. The maximum atomic E-state index is 6.15. The second-order valence-electron chi connectivity index (χ2n) is 4.66. The molecule has 0 aliphatic carbocycles. The summed E-state index contributed by atoms with van der Waals surface area (Å²) in [7, 11) is 0. The van der Waals surface area contributed by atoms with Gasteiger partial charge in [0.2, 0.25) is 5.28 Å². The summed E-state index contributed by atoms with van der Waals surface area (Å²) >= 11 is 6.15. The first-order chi connectivity index (χ1) is 8.06. The molecule has 0 N–H and O–H groups in total. The summed E-state index contributed by atoms with van der Waals surface area (Å²) in [5.74, 6) is 0.822. The van der Waals surface area contributed by atoms with Crippen LogP contribution in [0, 0.1) is 0 Å². The average Bonchev–Trinajstić information content (AvgIpc) is 2.73. The first-order valence-electron chi connectivity index (χ1n) is 5.73. The van der Waals surface area contributed by atoms with Crippen LogP contribution >= 0.6 is 11.6 Å². The summed E-state index contributed by atoms with van der Waals surface area (Å²) in [4.78, 5) is 0. The van der Waals surface area contributed by atoms with E-state index >= 15 is 0 Å². The van der Waals surface area contributed by atoms with Crippen molar-refractivity contribution in [3.63, 3.8) is 0 Å². The Balaban J connectivity index is 2.58. The number of aromatic nitrogens is 3. The van der Waals surface area contributed by atoms with Gasteiger partial charge in [-0.25, -0.2) is 0 Å². The Morgan fingerprint density at radius 1 is 1.18 bits per heavy atom. The first-order valence-corrected chi connectivity index (χ1v) is 6.11. The van der Waals surface area contributed by atoms with E-state index in [2.05, 4.69) is 31.0 Å². The van der Waals surface area contributed by atoms with Crippen LogP contribution in [-0.4, -0.2) is 14.8 Å². The Kier molecular flexibility index (Phi) is 3.20. The number of hydrogen-bond donors (Lipinski definition) is 0. The lowest BCUT2D eigenvalue weighted by Crippen LogP contribution is -2.26. The van der Waals surface area contributed by atoms with E-state index in [-0.39, 0.29) is 5.54 Å². The van der Waals surface area contributed by atoms with E-state index in [1.165, 1.54) is 0 Å². The summed E-state index contributed by atoms with van der Waals surface area (Å²) in [5, 5.41) is 8.61. The minimum atomic E-state index is -0.0915. The Bertz CT molecular complexity index is 503. The number of benzene rings is 1. The third kappa shape index (κ3) is 2.20. The lowest BCUT2D eigenvalue weighted by atomic mass is 10.0. The number of halogens is 1. The fourth-order valence-electron chi connectivity index (χ4n) is 1.73. The van der Waals surface area contributed by atoms with E-state index < -0.39 is 0 Å². The van der Waals surface area contributed by atoms with E-state index in [4.69, 9.17) is 11.6 Å². The third-order valence-electron chi connectivity index (χ3n) is 3.13. The van der Waals surface area contributed by atoms with Crippen molar-refractivity contribution in [3.05, 3.63) is 35.6 Å². The van der Waals surface area contributed by atoms with Gasteiger partial charge in [-0.3, -0.25) is 4.57 Å². The SMILES string of the molecule is CCC(C)(C)n1c(Cl)nnc1-c1ccccc1. The smallest absolute Gasteiger partial charge is 0.225 e. The predicted molar refractivity (Wildman–Crippen MR) is 70.1 cm³/mol. The van der Waals surface area contributed by atoms with E-state index in [0.717, 1.165) is 17.8 Å². The van der Waals surface area contributed by atoms with Crippen LogP contribution in [-0.2, 0) is 5.54 Å². The third-order valence-corrected chi connectivity index (χ3v) is 3.37. The monoisotopic (exact) mass is 249 g/mol. The van der Waals surface area contributed by atoms with Crippen molar-refractivity contribution < 1.29 is 0 Å². The van der Waals surface area contributed by atoms with Crippen molar-refractivity contribution in [2.45, 2.75) is 32.7 Å². The van der Waals surface area contributed by atoms with Crippen LogP contribution in [0.1, 0.15) is 27.2 Å². The highest BCUT2D eigenvalue weighted by atomic mass is 35.5. The molecule has 0 unspecified atom stereocenters. The lowest BCUT2D eigenvalue weighted by molar-refractivity contribution is 0.345. The Labute approximate surface area is 106 Å². The van der Waals surface area contributed by atoms with Gasteiger partial charge in [-0.2, -0.15) is 0 Å². The van der Waals surface area contributed by atoms with Gasteiger partial charge in [0.15, 0.2) is 5.82 Å². The summed E-state index contributed by atoms with van der Waals surface area (Å²) < 4.78 is 1.99. The van der Waals surface area contributed by atoms with E-state index in [9.17, 15) is 0 Å².